The van der Waals surface area contributed by atoms with Crippen LogP contribution in [0.2, 0.25) is 0 Å². The number of nitrogens with one attached hydrogen (secondary N) is 1. The summed E-state index contributed by atoms with van der Waals surface area (Å²) in [5.74, 6) is 1.53. The summed E-state index contributed by atoms with van der Waals surface area (Å²) in [7, 11) is 2.09. The molecule has 1 aliphatic rings. The summed E-state index contributed by atoms with van der Waals surface area (Å²) in [6.07, 6.45) is 5.35. The van der Waals surface area contributed by atoms with E-state index in [1.165, 1.54) is 36.8 Å². The van der Waals surface area contributed by atoms with Crippen LogP contribution >= 0.6 is 0 Å². The van der Waals surface area contributed by atoms with Gasteiger partial charge in [0.2, 0.25) is 0 Å². The largest absolute Gasteiger partial charge is 0.317 e. The number of benzene rings is 1. The van der Waals surface area contributed by atoms with Crippen LogP contribution in [-0.2, 0) is 6.42 Å². The first-order valence-electron chi connectivity index (χ1n) is 6.95. The van der Waals surface area contributed by atoms with Gasteiger partial charge in [0.25, 0.3) is 0 Å². The van der Waals surface area contributed by atoms with E-state index in [1.54, 1.807) is 0 Å². The van der Waals surface area contributed by atoms with Gasteiger partial charge in [-0.1, -0.05) is 38.1 Å². The molecule has 1 aliphatic carbocycles. The van der Waals surface area contributed by atoms with Crippen molar-refractivity contribution in [3.8, 4) is 0 Å². The third-order valence-corrected chi connectivity index (χ3v) is 4.12. The van der Waals surface area contributed by atoms with Gasteiger partial charge in [-0.3, -0.25) is 0 Å². The second-order valence-corrected chi connectivity index (χ2v) is 5.77. The van der Waals surface area contributed by atoms with Gasteiger partial charge in [-0.05, 0) is 55.7 Å². The molecule has 1 nitrogen and oxygen atoms in total. The summed E-state index contributed by atoms with van der Waals surface area (Å²) in [6, 6.07) is 9.99. The van der Waals surface area contributed by atoms with Gasteiger partial charge in [0, 0.05) is 6.04 Å². The molecule has 0 amide bonds. The molecular weight excluding hydrogens is 206 g/mol. The molecule has 0 spiro atoms. The third kappa shape index (κ3) is 3.32. The molecule has 0 saturated heterocycles. The normalized spacial score (nSPS) is 24.5. The van der Waals surface area contributed by atoms with Crippen molar-refractivity contribution >= 4 is 0 Å². The van der Waals surface area contributed by atoms with Gasteiger partial charge in [-0.25, -0.2) is 0 Å². The van der Waals surface area contributed by atoms with Crippen molar-refractivity contribution < 1.29 is 0 Å². The average molecular weight is 231 g/mol. The highest BCUT2D eigenvalue weighted by Gasteiger charge is 2.23. The Kier molecular flexibility index (Phi) is 4.22. The smallest absolute Gasteiger partial charge is 0.00669 e. The Morgan fingerprint density at radius 1 is 1.18 bits per heavy atom. The monoisotopic (exact) mass is 231 g/mol. The van der Waals surface area contributed by atoms with Crippen LogP contribution in [0.3, 0.4) is 0 Å². The van der Waals surface area contributed by atoms with E-state index >= 15 is 0 Å². The first-order chi connectivity index (χ1) is 8.19. The molecule has 0 aliphatic heterocycles. The summed E-state index contributed by atoms with van der Waals surface area (Å²) in [4.78, 5) is 0. The highest BCUT2D eigenvalue weighted by atomic mass is 14.9. The zero-order valence-electron chi connectivity index (χ0n) is 11.4. The summed E-state index contributed by atoms with van der Waals surface area (Å²) < 4.78 is 0. The average Bonchev–Trinajstić information content (AvgIpc) is 2.77. The van der Waals surface area contributed by atoms with Gasteiger partial charge in [0.15, 0.2) is 0 Å². The van der Waals surface area contributed by atoms with E-state index in [1.807, 2.05) is 0 Å². The molecule has 2 atom stereocenters. The summed E-state index contributed by atoms with van der Waals surface area (Å²) in [5.41, 5.74) is 2.96. The van der Waals surface area contributed by atoms with Crippen LogP contribution in [0, 0.1) is 5.92 Å². The molecule has 0 bridgehead atoms. The molecule has 2 rings (SSSR count). The molecule has 1 saturated carbocycles. The maximum atomic E-state index is 3.40. The molecule has 1 heteroatoms. The van der Waals surface area contributed by atoms with Crippen molar-refractivity contribution in [2.75, 3.05) is 7.05 Å². The number of rotatable bonds is 4. The van der Waals surface area contributed by atoms with Gasteiger partial charge in [-0.15, -0.1) is 0 Å². The SMILES string of the molecule is CNC1CCC(Cc2ccc(C(C)C)cc2)C1. The Bertz CT molecular complexity index is 339. The molecule has 0 heterocycles. The second-order valence-electron chi connectivity index (χ2n) is 5.77. The fraction of sp³-hybridized carbons (Fsp3) is 0.625. The van der Waals surface area contributed by atoms with Crippen LogP contribution in [0.1, 0.15) is 50.2 Å². The van der Waals surface area contributed by atoms with Gasteiger partial charge >= 0.3 is 0 Å². The quantitative estimate of drug-likeness (QED) is 0.832. The predicted molar refractivity (Wildman–Crippen MR) is 74.4 cm³/mol. The predicted octanol–water partition coefficient (Wildman–Crippen LogP) is 3.74. The topological polar surface area (TPSA) is 12.0 Å². The van der Waals surface area contributed by atoms with Crippen LogP contribution in [0.4, 0.5) is 0 Å². The minimum absolute atomic E-state index is 0.643. The minimum atomic E-state index is 0.643. The maximum Gasteiger partial charge on any atom is 0.00669 e. The Labute approximate surface area is 106 Å². The Hall–Kier alpha value is -0.820. The molecule has 94 valence electrons. The van der Waals surface area contributed by atoms with Crippen molar-refractivity contribution in [3.63, 3.8) is 0 Å². The van der Waals surface area contributed by atoms with Crippen molar-refractivity contribution in [1.29, 1.82) is 0 Å². The highest BCUT2D eigenvalue weighted by molar-refractivity contribution is 5.25. The van der Waals surface area contributed by atoms with E-state index in [9.17, 15) is 0 Å². The van der Waals surface area contributed by atoms with E-state index in [4.69, 9.17) is 0 Å². The molecule has 1 N–H and O–H groups in total. The van der Waals surface area contributed by atoms with Gasteiger partial charge in [0.05, 0.1) is 0 Å². The van der Waals surface area contributed by atoms with E-state index < -0.39 is 0 Å². The second kappa shape index (κ2) is 5.68. The molecule has 17 heavy (non-hydrogen) atoms. The summed E-state index contributed by atoms with van der Waals surface area (Å²) >= 11 is 0. The summed E-state index contributed by atoms with van der Waals surface area (Å²) in [5, 5.41) is 3.40. The number of hydrogen-bond acceptors (Lipinski definition) is 1. The van der Waals surface area contributed by atoms with Crippen LogP contribution < -0.4 is 5.32 Å². The van der Waals surface area contributed by atoms with Crippen molar-refractivity contribution in [2.24, 2.45) is 5.92 Å². The molecule has 0 aromatic heterocycles. The minimum Gasteiger partial charge on any atom is -0.317 e. The first kappa shape index (κ1) is 12.6. The maximum absolute atomic E-state index is 3.40. The van der Waals surface area contributed by atoms with E-state index in [2.05, 4.69) is 50.5 Å². The fourth-order valence-electron chi connectivity index (χ4n) is 2.89. The van der Waals surface area contributed by atoms with Crippen molar-refractivity contribution in [1.82, 2.24) is 5.32 Å². The van der Waals surface area contributed by atoms with E-state index in [0.717, 1.165) is 12.0 Å². The molecule has 1 aromatic rings. The molecule has 1 aromatic carbocycles. The van der Waals surface area contributed by atoms with E-state index in [-0.39, 0.29) is 0 Å². The highest BCUT2D eigenvalue weighted by Crippen LogP contribution is 2.28. The fourth-order valence-corrected chi connectivity index (χ4v) is 2.89. The summed E-state index contributed by atoms with van der Waals surface area (Å²) in [6.45, 7) is 4.51. The first-order valence-corrected chi connectivity index (χ1v) is 6.95. The van der Waals surface area contributed by atoms with Crippen LogP contribution in [-0.4, -0.2) is 13.1 Å². The van der Waals surface area contributed by atoms with E-state index in [0.29, 0.717) is 5.92 Å². The zero-order chi connectivity index (χ0) is 12.3. The lowest BCUT2D eigenvalue weighted by molar-refractivity contribution is 0.510. The Morgan fingerprint density at radius 3 is 2.41 bits per heavy atom. The molecule has 2 unspecified atom stereocenters. The lowest BCUT2D eigenvalue weighted by atomic mass is 9.95. The van der Waals surface area contributed by atoms with Gasteiger partial charge < -0.3 is 5.32 Å². The van der Waals surface area contributed by atoms with Crippen LogP contribution in [0.25, 0.3) is 0 Å². The van der Waals surface area contributed by atoms with Crippen molar-refractivity contribution in [2.45, 2.75) is 51.5 Å². The van der Waals surface area contributed by atoms with Gasteiger partial charge in [-0.2, -0.15) is 0 Å². The number of hydrogen-bond donors (Lipinski definition) is 1. The lowest BCUT2D eigenvalue weighted by Gasteiger charge is -2.12. The lowest BCUT2D eigenvalue weighted by Crippen LogP contribution is -2.21. The Balaban J connectivity index is 1.91. The molecular formula is C16H25N. The molecule has 1 fully saturated rings. The standard InChI is InChI=1S/C16H25N/c1-12(2)15-7-4-13(5-8-15)10-14-6-9-16(11-14)17-3/h4-5,7-8,12,14,16-17H,6,9-11H2,1-3H3. The molecule has 0 radical (unpaired) electrons. The van der Waals surface area contributed by atoms with Gasteiger partial charge in [0.1, 0.15) is 0 Å². The van der Waals surface area contributed by atoms with Crippen LogP contribution in [0.15, 0.2) is 24.3 Å². The Morgan fingerprint density at radius 2 is 1.88 bits per heavy atom. The third-order valence-electron chi connectivity index (χ3n) is 4.12. The van der Waals surface area contributed by atoms with Crippen LogP contribution in [0.5, 0.6) is 0 Å². The van der Waals surface area contributed by atoms with Crippen molar-refractivity contribution in [3.05, 3.63) is 35.4 Å². The zero-order valence-corrected chi connectivity index (χ0v) is 11.4.